The van der Waals surface area contributed by atoms with E-state index in [0.29, 0.717) is 5.71 Å². The van der Waals surface area contributed by atoms with E-state index in [2.05, 4.69) is 15.9 Å². The molecule has 0 heterocycles. The van der Waals surface area contributed by atoms with Crippen molar-refractivity contribution in [1.29, 1.82) is 10.8 Å². The zero-order chi connectivity index (χ0) is 8.27. The van der Waals surface area contributed by atoms with Gasteiger partial charge in [-0.05, 0) is 35.0 Å². The molecule has 0 aromatic heterocycles. The van der Waals surface area contributed by atoms with Crippen molar-refractivity contribution in [2.45, 2.75) is 12.8 Å². The van der Waals surface area contributed by atoms with E-state index in [-0.39, 0.29) is 0 Å². The summed E-state index contributed by atoms with van der Waals surface area (Å²) in [5, 5.41) is 14.4. The molecule has 0 amide bonds. The van der Waals surface area contributed by atoms with Crippen LogP contribution in [0.4, 0.5) is 0 Å². The summed E-state index contributed by atoms with van der Waals surface area (Å²) in [6, 6.07) is 0. The minimum atomic E-state index is 0.622. The van der Waals surface area contributed by atoms with E-state index in [1.54, 1.807) is 6.08 Å². The maximum absolute atomic E-state index is 7.50. The summed E-state index contributed by atoms with van der Waals surface area (Å²) < 4.78 is 1.11. The molecule has 0 saturated carbocycles. The summed E-state index contributed by atoms with van der Waals surface area (Å²) in [4.78, 5) is 0. The summed E-state index contributed by atoms with van der Waals surface area (Å²) in [6.45, 7) is 0. The third kappa shape index (κ3) is 2.12. The van der Waals surface area contributed by atoms with Gasteiger partial charge >= 0.3 is 0 Å². The molecule has 0 radical (unpaired) electrons. The highest BCUT2D eigenvalue weighted by Crippen LogP contribution is 2.23. The molecule has 0 fully saturated rings. The lowest BCUT2D eigenvalue weighted by Gasteiger charge is -2.10. The summed E-state index contributed by atoms with van der Waals surface area (Å²) in [7, 11) is 0. The van der Waals surface area contributed by atoms with Gasteiger partial charge in [-0.2, -0.15) is 0 Å². The van der Waals surface area contributed by atoms with Gasteiger partial charge in [0, 0.05) is 11.9 Å². The highest BCUT2D eigenvalue weighted by atomic mass is 79.9. The van der Waals surface area contributed by atoms with Crippen LogP contribution in [-0.4, -0.2) is 11.9 Å². The second kappa shape index (κ2) is 3.62. The monoisotopic (exact) mass is 212 g/mol. The minimum Gasteiger partial charge on any atom is -0.309 e. The maximum Gasteiger partial charge on any atom is 0.0390 e. The van der Waals surface area contributed by atoms with Gasteiger partial charge in [0.25, 0.3) is 0 Å². The van der Waals surface area contributed by atoms with Crippen LogP contribution in [0.1, 0.15) is 12.8 Å². The average Bonchev–Trinajstić information content (AvgIpc) is 1.98. The first-order valence-electron chi connectivity index (χ1n) is 3.38. The topological polar surface area (TPSA) is 47.7 Å². The minimum absolute atomic E-state index is 0.622. The molecule has 58 valence electrons. The van der Waals surface area contributed by atoms with E-state index in [1.165, 1.54) is 6.21 Å². The van der Waals surface area contributed by atoms with Gasteiger partial charge in [0.1, 0.15) is 0 Å². The molecule has 0 spiro atoms. The van der Waals surface area contributed by atoms with Crippen LogP contribution in [-0.2, 0) is 0 Å². The molecule has 1 rings (SSSR count). The molecular weight excluding hydrogens is 204 g/mol. The summed E-state index contributed by atoms with van der Waals surface area (Å²) >= 11 is 3.37. The number of rotatable bonds is 1. The standard InChI is InChI=1S/C8H9BrN2/c9-7-1-2-8(11)6(5-7)3-4-10/h3-5,10-11H,1-2H2/b6-3-,10-4?,11-8?. The van der Waals surface area contributed by atoms with E-state index < -0.39 is 0 Å². The Hall–Kier alpha value is -0.700. The van der Waals surface area contributed by atoms with E-state index >= 15 is 0 Å². The lowest BCUT2D eigenvalue weighted by molar-refractivity contribution is 1.05. The van der Waals surface area contributed by atoms with Gasteiger partial charge in [-0.3, -0.25) is 0 Å². The molecule has 0 atom stereocenters. The molecule has 0 bridgehead atoms. The van der Waals surface area contributed by atoms with Crippen LogP contribution in [0.15, 0.2) is 22.2 Å². The smallest absolute Gasteiger partial charge is 0.0390 e. The Morgan fingerprint density at radius 1 is 1.45 bits per heavy atom. The third-order valence-electron chi connectivity index (χ3n) is 1.54. The molecule has 2 nitrogen and oxygen atoms in total. The van der Waals surface area contributed by atoms with Crippen molar-refractivity contribution < 1.29 is 0 Å². The first kappa shape index (κ1) is 8.40. The molecule has 11 heavy (non-hydrogen) atoms. The van der Waals surface area contributed by atoms with Crippen LogP contribution in [0.25, 0.3) is 0 Å². The molecular formula is C8H9BrN2. The van der Waals surface area contributed by atoms with Gasteiger partial charge in [-0.1, -0.05) is 15.9 Å². The first-order chi connectivity index (χ1) is 5.24. The predicted molar refractivity (Wildman–Crippen MR) is 50.8 cm³/mol. The molecule has 0 unspecified atom stereocenters. The maximum atomic E-state index is 7.50. The summed E-state index contributed by atoms with van der Waals surface area (Å²) in [6.07, 6.45) is 6.44. The fraction of sp³-hybridized carbons (Fsp3) is 0.250. The molecule has 3 heteroatoms. The molecule has 0 saturated heterocycles. The van der Waals surface area contributed by atoms with Crippen molar-refractivity contribution in [1.82, 2.24) is 0 Å². The van der Waals surface area contributed by atoms with Crippen molar-refractivity contribution in [2.24, 2.45) is 0 Å². The molecule has 1 aliphatic carbocycles. The quantitative estimate of drug-likeness (QED) is 0.629. The molecule has 1 aliphatic rings. The van der Waals surface area contributed by atoms with Crippen molar-refractivity contribution >= 4 is 27.9 Å². The second-order valence-electron chi connectivity index (χ2n) is 2.36. The Kier molecular flexibility index (Phi) is 2.76. The summed E-state index contributed by atoms with van der Waals surface area (Å²) in [5.74, 6) is 0. The lowest BCUT2D eigenvalue weighted by Crippen LogP contribution is -2.04. The van der Waals surface area contributed by atoms with Gasteiger partial charge in [0.2, 0.25) is 0 Å². The number of hydrogen-bond acceptors (Lipinski definition) is 2. The Labute approximate surface area is 74.1 Å². The van der Waals surface area contributed by atoms with Crippen LogP contribution >= 0.6 is 15.9 Å². The Morgan fingerprint density at radius 2 is 2.18 bits per heavy atom. The van der Waals surface area contributed by atoms with Crippen molar-refractivity contribution in [3.63, 3.8) is 0 Å². The van der Waals surface area contributed by atoms with Gasteiger partial charge in [-0.15, -0.1) is 0 Å². The van der Waals surface area contributed by atoms with E-state index in [0.717, 1.165) is 22.9 Å². The molecule has 0 aromatic rings. The average molecular weight is 213 g/mol. The van der Waals surface area contributed by atoms with Gasteiger partial charge in [-0.25, -0.2) is 0 Å². The predicted octanol–water partition coefficient (Wildman–Crippen LogP) is 2.65. The van der Waals surface area contributed by atoms with Gasteiger partial charge in [0.15, 0.2) is 0 Å². The highest BCUT2D eigenvalue weighted by Gasteiger charge is 2.09. The Bertz CT molecular complexity index is 251. The van der Waals surface area contributed by atoms with Gasteiger partial charge < -0.3 is 10.8 Å². The van der Waals surface area contributed by atoms with Crippen molar-refractivity contribution in [3.05, 3.63) is 22.2 Å². The van der Waals surface area contributed by atoms with Crippen LogP contribution in [0.2, 0.25) is 0 Å². The zero-order valence-corrected chi connectivity index (χ0v) is 7.61. The van der Waals surface area contributed by atoms with Crippen LogP contribution in [0.5, 0.6) is 0 Å². The lowest BCUT2D eigenvalue weighted by atomic mass is 10.00. The summed E-state index contributed by atoms with van der Waals surface area (Å²) in [5.41, 5.74) is 1.47. The van der Waals surface area contributed by atoms with E-state index in [4.69, 9.17) is 10.8 Å². The number of nitrogens with one attached hydrogen (secondary N) is 2. The van der Waals surface area contributed by atoms with Crippen molar-refractivity contribution in [3.8, 4) is 0 Å². The Balaban J connectivity index is 2.92. The van der Waals surface area contributed by atoms with Crippen LogP contribution in [0, 0.1) is 10.8 Å². The van der Waals surface area contributed by atoms with Crippen LogP contribution in [0.3, 0.4) is 0 Å². The normalized spacial score (nSPS) is 21.7. The van der Waals surface area contributed by atoms with Gasteiger partial charge in [0.05, 0.1) is 0 Å². The highest BCUT2D eigenvalue weighted by molar-refractivity contribution is 9.11. The fourth-order valence-electron chi connectivity index (χ4n) is 0.955. The number of allylic oxidation sites excluding steroid dienone is 4. The third-order valence-corrected chi connectivity index (χ3v) is 2.16. The van der Waals surface area contributed by atoms with E-state index in [1.807, 2.05) is 6.08 Å². The number of halogens is 1. The Morgan fingerprint density at radius 3 is 2.82 bits per heavy atom. The molecule has 0 aromatic carbocycles. The number of hydrogen-bond donors (Lipinski definition) is 2. The SMILES string of the molecule is N=C/C=C1/C=C(Br)CCC1=N. The molecule has 0 aliphatic heterocycles. The van der Waals surface area contributed by atoms with E-state index in [9.17, 15) is 0 Å². The van der Waals surface area contributed by atoms with Crippen molar-refractivity contribution in [2.75, 3.05) is 0 Å². The second-order valence-corrected chi connectivity index (χ2v) is 3.38. The fourth-order valence-corrected chi connectivity index (χ4v) is 1.40. The molecule has 2 N–H and O–H groups in total. The largest absolute Gasteiger partial charge is 0.309 e. The van der Waals surface area contributed by atoms with Crippen LogP contribution < -0.4 is 0 Å². The first-order valence-corrected chi connectivity index (χ1v) is 4.18. The zero-order valence-electron chi connectivity index (χ0n) is 6.02.